The van der Waals surface area contributed by atoms with E-state index in [0.29, 0.717) is 0 Å². The number of hydrogen-bond donors (Lipinski definition) is 0. The number of aryl methyl sites for hydroxylation is 1. The smallest absolute Gasteiger partial charge is 0.124 e. The summed E-state index contributed by atoms with van der Waals surface area (Å²) in [4.78, 5) is 9.35. The van der Waals surface area contributed by atoms with Gasteiger partial charge >= 0.3 is 0 Å². The zero-order chi connectivity index (χ0) is 9.84. The summed E-state index contributed by atoms with van der Waals surface area (Å²) >= 11 is 1.69. The van der Waals surface area contributed by atoms with Crippen LogP contribution in [0.25, 0.3) is 0 Å². The highest BCUT2D eigenvalue weighted by atomic mass is 32.1. The van der Waals surface area contributed by atoms with Gasteiger partial charge in [-0.05, 0) is 25.6 Å². The molecule has 1 aromatic heterocycles. The van der Waals surface area contributed by atoms with Crippen molar-refractivity contribution in [1.29, 1.82) is 0 Å². The molecule has 0 atom stereocenters. The fourth-order valence-electron chi connectivity index (χ4n) is 1.40. The quantitative estimate of drug-likeness (QED) is 0.661. The van der Waals surface area contributed by atoms with E-state index in [4.69, 9.17) is 0 Å². The first-order valence-corrected chi connectivity index (χ1v) is 5.07. The average Bonchev–Trinajstić information content (AvgIpc) is 2.43. The van der Waals surface area contributed by atoms with Gasteiger partial charge in [0.2, 0.25) is 0 Å². The largest absolute Gasteiger partial charge is 0.296 e. The minimum atomic E-state index is 0.986. The van der Waals surface area contributed by atoms with Crippen LogP contribution in [0.4, 0.5) is 5.00 Å². The summed E-state index contributed by atoms with van der Waals surface area (Å²) in [5, 5.41) is 0.986. The van der Waals surface area contributed by atoms with Crippen molar-refractivity contribution >= 4 is 29.3 Å². The van der Waals surface area contributed by atoms with E-state index in [-0.39, 0.29) is 0 Å². The Balaban J connectivity index is 3.31. The molecule has 0 unspecified atom stereocenters. The van der Waals surface area contributed by atoms with Crippen LogP contribution in [0.15, 0.2) is 9.98 Å². The molecule has 0 saturated carbocycles. The van der Waals surface area contributed by atoms with Crippen LogP contribution >= 0.6 is 11.3 Å². The third-order valence-electron chi connectivity index (χ3n) is 1.99. The highest BCUT2D eigenvalue weighted by Gasteiger charge is 2.10. The van der Waals surface area contributed by atoms with E-state index in [2.05, 4.69) is 30.5 Å². The molecule has 0 aliphatic heterocycles. The minimum Gasteiger partial charge on any atom is -0.296 e. The second-order valence-electron chi connectivity index (χ2n) is 2.75. The van der Waals surface area contributed by atoms with Crippen molar-refractivity contribution in [3.05, 3.63) is 16.0 Å². The first-order valence-electron chi connectivity index (χ1n) is 4.25. The number of hydrogen-bond acceptors (Lipinski definition) is 3. The molecule has 0 spiro atoms. The van der Waals surface area contributed by atoms with Crippen LogP contribution in [-0.2, 0) is 6.42 Å². The van der Waals surface area contributed by atoms with E-state index in [9.17, 15) is 0 Å². The fraction of sp³-hybridized carbons (Fsp3) is 0.400. The standard InChI is InChI=1S/C10H14N2S/c1-5-8-7(2)13-10(12-4)9(8)6-11-3/h6H,4-5H2,1-3H3/b11-6-. The number of aliphatic imine (C=N–C) groups is 2. The fourth-order valence-corrected chi connectivity index (χ4v) is 2.42. The Morgan fingerprint density at radius 1 is 1.54 bits per heavy atom. The molecule has 0 N–H and O–H groups in total. The average molecular weight is 194 g/mol. The third kappa shape index (κ3) is 1.86. The second-order valence-corrected chi connectivity index (χ2v) is 3.96. The molecule has 1 heterocycles. The number of rotatable bonds is 3. The van der Waals surface area contributed by atoms with Crippen LogP contribution in [0.5, 0.6) is 0 Å². The van der Waals surface area contributed by atoms with Crippen molar-refractivity contribution in [2.24, 2.45) is 9.98 Å². The van der Waals surface area contributed by atoms with Gasteiger partial charge in [-0.25, -0.2) is 0 Å². The van der Waals surface area contributed by atoms with Gasteiger partial charge in [0.1, 0.15) is 5.00 Å². The lowest BCUT2D eigenvalue weighted by molar-refractivity contribution is 1.13. The van der Waals surface area contributed by atoms with Crippen molar-refractivity contribution in [2.75, 3.05) is 7.05 Å². The van der Waals surface area contributed by atoms with Crippen molar-refractivity contribution in [2.45, 2.75) is 20.3 Å². The molecule has 0 bridgehead atoms. The Morgan fingerprint density at radius 2 is 2.23 bits per heavy atom. The van der Waals surface area contributed by atoms with E-state index in [1.807, 2.05) is 6.21 Å². The number of thiophene rings is 1. The lowest BCUT2D eigenvalue weighted by Gasteiger charge is -1.96. The van der Waals surface area contributed by atoms with Crippen molar-refractivity contribution in [3.8, 4) is 0 Å². The highest BCUT2D eigenvalue weighted by Crippen LogP contribution is 2.33. The third-order valence-corrected chi connectivity index (χ3v) is 3.08. The highest BCUT2D eigenvalue weighted by molar-refractivity contribution is 7.16. The van der Waals surface area contributed by atoms with Crippen LogP contribution in [0, 0.1) is 6.92 Å². The molecule has 0 amide bonds. The van der Waals surface area contributed by atoms with E-state index in [1.165, 1.54) is 10.4 Å². The lowest BCUT2D eigenvalue weighted by atomic mass is 10.1. The Morgan fingerprint density at radius 3 is 2.69 bits per heavy atom. The van der Waals surface area contributed by atoms with Gasteiger partial charge in [0.05, 0.1) is 0 Å². The molecule has 0 saturated heterocycles. The maximum Gasteiger partial charge on any atom is 0.124 e. The summed E-state index contributed by atoms with van der Waals surface area (Å²) in [6.07, 6.45) is 2.89. The van der Waals surface area contributed by atoms with Crippen molar-refractivity contribution in [1.82, 2.24) is 0 Å². The molecule has 0 radical (unpaired) electrons. The van der Waals surface area contributed by atoms with Crippen LogP contribution in [0.1, 0.15) is 22.9 Å². The van der Waals surface area contributed by atoms with Gasteiger partial charge in [-0.2, -0.15) is 0 Å². The maximum atomic E-state index is 4.03. The zero-order valence-electron chi connectivity index (χ0n) is 8.29. The molecule has 2 nitrogen and oxygen atoms in total. The monoisotopic (exact) mass is 194 g/mol. The Bertz CT molecular complexity index is 337. The van der Waals surface area contributed by atoms with Crippen LogP contribution in [-0.4, -0.2) is 20.0 Å². The van der Waals surface area contributed by atoms with Crippen molar-refractivity contribution in [3.63, 3.8) is 0 Å². The lowest BCUT2D eigenvalue weighted by Crippen LogP contribution is -1.87. The normalized spacial score (nSPS) is 11.0. The Labute approximate surface area is 83.1 Å². The Kier molecular flexibility index (Phi) is 3.37. The summed E-state index contributed by atoms with van der Waals surface area (Å²) in [5.74, 6) is 0. The van der Waals surface area contributed by atoms with E-state index in [0.717, 1.165) is 17.0 Å². The van der Waals surface area contributed by atoms with Gasteiger partial charge in [0.15, 0.2) is 0 Å². The molecule has 0 fully saturated rings. The molecule has 1 aromatic rings. The van der Waals surface area contributed by atoms with E-state index < -0.39 is 0 Å². The van der Waals surface area contributed by atoms with Gasteiger partial charge in [0.25, 0.3) is 0 Å². The van der Waals surface area contributed by atoms with Crippen LogP contribution in [0.2, 0.25) is 0 Å². The summed E-state index contributed by atoms with van der Waals surface area (Å²) in [6.45, 7) is 7.83. The summed E-state index contributed by atoms with van der Waals surface area (Å²) in [7, 11) is 1.78. The topological polar surface area (TPSA) is 24.7 Å². The van der Waals surface area contributed by atoms with Gasteiger partial charge in [0, 0.05) is 23.7 Å². The molecule has 3 heteroatoms. The minimum absolute atomic E-state index is 0.986. The molecule has 1 rings (SSSR count). The molecule has 13 heavy (non-hydrogen) atoms. The first kappa shape index (κ1) is 10.1. The van der Waals surface area contributed by atoms with Gasteiger partial charge in [-0.1, -0.05) is 6.92 Å². The molecule has 0 aliphatic rings. The van der Waals surface area contributed by atoms with Gasteiger partial charge in [-0.15, -0.1) is 11.3 Å². The van der Waals surface area contributed by atoms with Crippen LogP contribution in [0.3, 0.4) is 0 Å². The number of nitrogens with zero attached hydrogens (tertiary/aromatic N) is 2. The maximum absolute atomic E-state index is 4.03. The molecule has 0 aromatic carbocycles. The summed E-state index contributed by atoms with van der Waals surface area (Å²) < 4.78 is 0. The van der Waals surface area contributed by atoms with Gasteiger partial charge in [-0.3, -0.25) is 9.98 Å². The second kappa shape index (κ2) is 4.33. The molecule has 0 aliphatic carbocycles. The van der Waals surface area contributed by atoms with Gasteiger partial charge < -0.3 is 0 Å². The Hall–Kier alpha value is -0.960. The summed E-state index contributed by atoms with van der Waals surface area (Å²) in [6, 6.07) is 0. The van der Waals surface area contributed by atoms with E-state index >= 15 is 0 Å². The molecule has 70 valence electrons. The van der Waals surface area contributed by atoms with Crippen LogP contribution < -0.4 is 0 Å². The predicted molar refractivity (Wildman–Crippen MR) is 61.2 cm³/mol. The zero-order valence-corrected chi connectivity index (χ0v) is 9.11. The molecular formula is C10H14N2S. The SMILES string of the molecule is C=Nc1sc(C)c(CC)c1/C=N\C. The summed E-state index contributed by atoms with van der Waals surface area (Å²) in [5.41, 5.74) is 2.49. The predicted octanol–water partition coefficient (Wildman–Crippen LogP) is 3.00. The van der Waals surface area contributed by atoms with Crippen molar-refractivity contribution < 1.29 is 0 Å². The van der Waals surface area contributed by atoms with E-state index in [1.54, 1.807) is 18.4 Å². The molecular weight excluding hydrogens is 180 g/mol. The first-order chi connectivity index (χ1) is 6.24.